The van der Waals surface area contributed by atoms with Crippen LogP contribution in [-0.4, -0.2) is 23.0 Å². The highest BCUT2D eigenvalue weighted by Gasteiger charge is 2.24. The predicted molar refractivity (Wildman–Crippen MR) is 113 cm³/mol. The zero-order valence-electron chi connectivity index (χ0n) is 17.0. The van der Waals surface area contributed by atoms with Gasteiger partial charge in [0.05, 0.1) is 18.1 Å². The number of carbonyl (C=O) groups excluding carboxylic acids is 1. The van der Waals surface area contributed by atoms with Gasteiger partial charge in [-0.3, -0.25) is 4.79 Å². The number of aromatic nitrogens is 2. The molecule has 0 radical (unpaired) electrons. The Kier molecular flexibility index (Phi) is 5.17. The van der Waals surface area contributed by atoms with Crippen molar-refractivity contribution >= 4 is 27.5 Å². The molecule has 6 nitrogen and oxygen atoms in total. The first-order chi connectivity index (χ1) is 13.9. The Labute approximate surface area is 172 Å². The molecule has 0 saturated carbocycles. The number of H-pyrrole nitrogens is 1. The normalized spacial score (nSPS) is 17.0. The third kappa shape index (κ3) is 3.67. The number of fused-ring (bicyclic) bond motifs is 3. The highest BCUT2D eigenvalue weighted by molar-refractivity contribution is 7.18. The van der Waals surface area contributed by atoms with Gasteiger partial charge in [-0.05, 0) is 62.3 Å². The van der Waals surface area contributed by atoms with E-state index in [1.165, 1.54) is 4.88 Å². The van der Waals surface area contributed by atoms with E-state index < -0.39 is 12.1 Å². The van der Waals surface area contributed by atoms with Crippen LogP contribution in [0, 0.1) is 12.8 Å². The predicted octanol–water partition coefficient (Wildman–Crippen LogP) is 4.34. The molecule has 7 heteroatoms. The van der Waals surface area contributed by atoms with Gasteiger partial charge < -0.3 is 14.5 Å². The van der Waals surface area contributed by atoms with Gasteiger partial charge in [0.2, 0.25) is 0 Å². The number of aryl methyl sites for hydroxylation is 2. The SMILES string of the molecule is COc1cc(C(=O)O[C@H](C)c2nc3sc4c(c3c(=O)[nH]2)CC[C@H](C)C4)ccc1C. The first kappa shape index (κ1) is 19.6. The second kappa shape index (κ2) is 7.63. The van der Waals surface area contributed by atoms with E-state index in [1.54, 1.807) is 37.5 Å². The van der Waals surface area contributed by atoms with Crippen molar-refractivity contribution in [3.8, 4) is 5.75 Å². The van der Waals surface area contributed by atoms with Gasteiger partial charge in [0, 0.05) is 4.88 Å². The monoisotopic (exact) mass is 412 g/mol. The highest BCUT2D eigenvalue weighted by atomic mass is 32.1. The summed E-state index contributed by atoms with van der Waals surface area (Å²) in [5, 5.41) is 0.697. The maximum atomic E-state index is 12.7. The minimum Gasteiger partial charge on any atom is -0.496 e. The number of thiophene rings is 1. The number of carbonyl (C=O) groups is 1. The van der Waals surface area contributed by atoms with E-state index in [1.807, 2.05) is 13.0 Å². The molecule has 0 fully saturated rings. The summed E-state index contributed by atoms with van der Waals surface area (Å²) in [5.41, 5.74) is 2.31. The van der Waals surface area contributed by atoms with Crippen LogP contribution < -0.4 is 10.3 Å². The molecule has 1 aliphatic rings. The molecule has 4 rings (SSSR count). The average molecular weight is 413 g/mol. The number of benzene rings is 1. The summed E-state index contributed by atoms with van der Waals surface area (Å²) in [7, 11) is 1.56. The number of rotatable bonds is 4. The van der Waals surface area contributed by atoms with Crippen molar-refractivity contribution in [1.29, 1.82) is 0 Å². The molecule has 1 aliphatic carbocycles. The van der Waals surface area contributed by atoms with Crippen molar-refractivity contribution in [2.75, 3.05) is 7.11 Å². The van der Waals surface area contributed by atoms with Gasteiger partial charge in [-0.1, -0.05) is 13.0 Å². The van der Waals surface area contributed by atoms with E-state index in [4.69, 9.17) is 9.47 Å². The molecule has 2 heterocycles. The lowest BCUT2D eigenvalue weighted by Crippen LogP contribution is -2.18. The fourth-order valence-electron chi connectivity index (χ4n) is 3.79. The largest absolute Gasteiger partial charge is 0.496 e. The van der Waals surface area contributed by atoms with Gasteiger partial charge in [0.15, 0.2) is 11.9 Å². The standard InChI is InChI=1S/C22H24N2O4S/c1-11-5-8-15-17(9-11)29-21-18(15)20(25)23-19(24-21)13(3)28-22(26)14-7-6-12(2)16(10-14)27-4/h6-7,10-11,13H,5,8-9H2,1-4H3,(H,23,24,25)/t11-,13+/m0/s1. The van der Waals surface area contributed by atoms with Crippen LogP contribution in [0.4, 0.5) is 0 Å². The van der Waals surface area contributed by atoms with Crippen molar-refractivity contribution in [2.24, 2.45) is 5.92 Å². The van der Waals surface area contributed by atoms with E-state index in [-0.39, 0.29) is 5.56 Å². The lowest BCUT2D eigenvalue weighted by molar-refractivity contribution is 0.0319. The minimum absolute atomic E-state index is 0.156. The van der Waals surface area contributed by atoms with Crippen LogP contribution >= 0.6 is 11.3 Å². The Morgan fingerprint density at radius 2 is 2.17 bits per heavy atom. The number of esters is 1. The van der Waals surface area contributed by atoms with Crippen LogP contribution in [-0.2, 0) is 17.6 Å². The number of aromatic amines is 1. The van der Waals surface area contributed by atoms with E-state index in [0.717, 1.165) is 35.2 Å². The van der Waals surface area contributed by atoms with Crippen molar-refractivity contribution in [2.45, 2.75) is 46.1 Å². The van der Waals surface area contributed by atoms with E-state index in [0.29, 0.717) is 28.4 Å². The topological polar surface area (TPSA) is 81.3 Å². The molecular formula is C22H24N2O4S. The third-order valence-electron chi connectivity index (χ3n) is 5.50. The number of ether oxygens (including phenoxy) is 2. The minimum atomic E-state index is -0.676. The molecule has 0 aliphatic heterocycles. The second-order valence-electron chi connectivity index (χ2n) is 7.72. The molecule has 0 bridgehead atoms. The van der Waals surface area contributed by atoms with Crippen molar-refractivity contribution in [1.82, 2.24) is 9.97 Å². The quantitative estimate of drug-likeness (QED) is 0.645. The molecule has 2 aromatic heterocycles. The van der Waals surface area contributed by atoms with Gasteiger partial charge in [0.1, 0.15) is 10.6 Å². The van der Waals surface area contributed by atoms with E-state index in [9.17, 15) is 9.59 Å². The molecular weight excluding hydrogens is 388 g/mol. The van der Waals surface area contributed by atoms with Crippen molar-refractivity contribution < 1.29 is 14.3 Å². The Morgan fingerprint density at radius 1 is 1.38 bits per heavy atom. The molecule has 3 aromatic rings. The number of hydrogen-bond donors (Lipinski definition) is 1. The Bertz CT molecular complexity index is 1150. The highest BCUT2D eigenvalue weighted by Crippen LogP contribution is 2.36. The molecule has 0 unspecified atom stereocenters. The number of nitrogens with zero attached hydrogens (tertiary/aromatic N) is 1. The van der Waals surface area contributed by atoms with Crippen LogP contribution in [0.3, 0.4) is 0 Å². The van der Waals surface area contributed by atoms with Gasteiger partial charge in [-0.15, -0.1) is 11.3 Å². The van der Waals surface area contributed by atoms with Crippen LogP contribution in [0.25, 0.3) is 10.2 Å². The molecule has 1 aromatic carbocycles. The molecule has 152 valence electrons. The summed E-state index contributed by atoms with van der Waals surface area (Å²) in [6.07, 6.45) is 2.32. The van der Waals surface area contributed by atoms with E-state index >= 15 is 0 Å². The number of hydrogen-bond acceptors (Lipinski definition) is 6. The fourth-order valence-corrected chi connectivity index (χ4v) is 5.18. The van der Waals surface area contributed by atoms with Crippen LogP contribution in [0.15, 0.2) is 23.0 Å². The van der Waals surface area contributed by atoms with Gasteiger partial charge in [-0.25, -0.2) is 9.78 Å². The summed E-state index contributed by atoms with van der Waals surface area (Å²) in [4.78, 5) is 34.7. The molecule has 0 saturated heterocycles. The lowest BCUT2D eigenvalue weighted by atomic mass is 9.89. The van der Waals surface area contributed by atoms with Gasteiger partial charge in [-0.2, -0.15) is 0 Å². The molecule has 29 heavy (non-hydrogen) atoms. The second-order valence-corrected chi connectivity index (χ2v) is 8.80. The Balaban J connectivity index is 1.61. The first-order valence-electron chi connectivity index (χ1n) is 9.77. The first-order valence-corrected chi connectivity index (χ1v) is 10.6. The Hall–Kier alpha value is -2.67. The Morgan fingerprint density at radius 3 is 2.93 bits per heavy atom. The summed E-state index contributed by atoms with van der Waals surface area (Å²) >= 11 is 1.58. The van der Waals surface area contributed by atoms with E-state index in [2.05, 4.69) is 16.9 Å². The third-order valence-corrected chi connectivity index (χ3v) is 6.64. The van der Waals surface area contributed by atoms with Crippen LogP contribution in [0.1, 0.15) is 58.6 Å². The maximum Gasteiger partial charge on any atom is 0.338 e. The lowest BCUT2D eigenvalue weighted by Gasteiger charge is -2.17. The summed E-state index contributed by atoms with van der Waals surface area (Å²) in [6.45, 7) is 5.85. The van der Waals surface area contributed by atoms with Crippen LogP contribution in [0.5, 0.6) is 5.75 Å². The molecule has 2 atom stereocenters. The number of methoxy groups -OCH3 is 1. The molecule has 0 spiro atoms. The van der Waals surface area contributed by atoms with Crippen LogP contribution in [0.2, 0.25) is 0 Å². The summed E-state index contributed by atoms with van der Waals surface area (Å²) in [6, 6.07) is 5.16. The summed E-state index contributed by atoms with van der Waals surface area (Å²) in [5.74, 6) is 1.12. The maximum absolute atomic E-state index is 12.7. The molecule has 1 N–H and O–H groups in total. The zero-order valence-corrected chi connectivity index (χ0v) is 17.8. The summed E-state index contributed by atoms with van der Waals surface area (Å²) < 4.78 is 10.8. The van der Waals surface area contributed by atoms with Crippen molar-refractivity contribution in [3.05, 3.63) is 55.9 Å². The zero-order chi connectivity index (χ0) is 20.7. The van der Waals surface area contributed by atoms with Crippen molar-refractivity contribution in [3.63, 3.8) is 0 Å². The smallest absolute Gasteiger partial charge is 0.338 e. The average Bonchev–Trinajstić information content (AvgIpc) is 3.05. The van der Waals surface area contributed by atoms with Gasteiger partial charge in [0.25, 0.3) is 5.56 Å². The fraction of sp³-hybridized carbons (Fsp3) is 0.409. The van der Waals surface area contributed by atoms with Gasteiger partial charge >= 0.3 is 5.97 Å². The number of nitrogens with one attached hydrogen (secondary N) is 1. The molecule has 0 amide bonds.